The summed E-state index contributed by atoms with van der Waals surface area (Å²) in [7, 11) is -3.87. The van der Waals surface area contributed by atoms with Gasteiger partial charge in [0.2, 0.25) is 11.8 Å². The predicted octanol–water partition coefficient (Wildman–Crippen LogP) is 2.34. The van der Waals surface area contributed by atoms with Gasteiger partial charge in [-0.25, -0.2) is 8.42 Å². The van der Waals surface area contributed by atoms with Crippen LogP contribution in [0, 0.1) is 11.8 Å². The van der Waals surface area contributed by atoms with E-state index in [4.69, 9.17) is 0 Å². The number of hydrogen-bond acceptors (Lipinski definition) is 10. The van der Waals surface area contributed by atoms with Crippen molar-refractivity contribution in [2.75, 3.05) is 19.3 Å². The Morgan fingerprint density at radius 2 is 1.70 bits per heavy atom. The van der Waals surface area contributed by atoms with Crippen LogP contribution in [0.25, 0.3) is 0 Å². The third-order valence-electron chi connectivity index (χ3n) is 9.60. The first-order valence-electron chi connectivity index (χ1n) is 16.3. The average Bonchev–Trinajstić information content (AvgIpc) is 3.53. The number of β-amino-alcohol motifs (C(OH)–C–C–N with tert-alkyl or cyclic N) is 1. The first kappa shape index (κ1) is 36.9. The number of aromatic nitrogens is 2. The molecule has 4 N–H and O–H groups in total. The number of carbonyl (C=O) groups is 3. The molecule has 1 aromatic carbocycles. The summed E-state index contributed by atoms with van der Waals surface area (Å²) < 4.78 is 27.8. The maximum absolute atomic E-state index is 14.0. The number of nitrogens with one attached hydrogen (secondary N) is 3. The number of sulfone groups is 1. The van der Waals surface area contributed by atoms with E-state index in [1.807, 2.05) is 51.1 Å². The van der Waals surface area contributed by atoms with Crippen LogP contribution < -0.4 is 16.0 Å². The van der Waals surface area contributed by atoms with Gasteiger partial charge in [0.05, 0.1) is 22.9 Å². The fourth-order valence-electron chi connectivity index (χ4n) is 6.65. The second-order valence-electron chi connectivity index (χ2n) is 14.7. The third-order valence-corrected chi connectivity index (χ3v) is 12.2. The molecule has 0 spiro atoms. The molecule has 1 saturated carbocycles. The molecule has 2 heterocycles. The summed E-state index contributed by atoms with van der Waals surface area (Å²) in [6.45, 7) is 9.38. The Kier molecular flexibility index (Phi) is 11.8. The maximum atomic E-state index is 14.0. The normalized spacial score (nSPS) is 22.7. The zero-order chi connectivity index (χ0) is 34.6. The van der Waals surface area contributed by atoms with Crippen molar-refractivity contribution in [3.05, 3.63) is 47.0 Å². The number of aliphatic hydroxyl groups is 1. The molecule has 260 valence electrons. The molecule has 2 aromatic rings. The monoisotopic (exact) mass is 690 g/mol. The van der Waals surface area contributed by atoms with Crippen molar-refractivity contribution in [3.8, 4) is 0 Å². The molecule has 0 unspecified atom stereocenters. The van der Waals surface area contributed by atoms with Crippen LogP contribution in [-0.4, -0.2) is 99.6 Å². The quantitative estimate of drug-likeness (QED) is 0.261. The highest BCUT2D eigenvalue weighted by atomic mass is 32.2. The molecule has 14 heteroatoms. The molecule has 47 heavy (non-hydrogen) atoms. The molecular weight excluding hydrogens is 641 g/mol. The topological polar surface area (TPSA) is 171 Å². The SMILES string of the molecule is CC(C)(C)NC(=O)[C@@H]1C[C@@H]2CCCC[C@@H]2CN1C[C@@H](O)[C@H](Cc1ccccc1)NC(=O)[C@@H](NC(=O)c1csnn1)C(C)(C)S(C)(=O)=O. The van der Waals surface area contributed by atoms with Crippen molar-refractivity contribution >= 4 is 39.1 Å². The van der Waals surface area contributed by atoms with Gasteiger partial charge in [-0.2, -0.15) is 0 Å². The third kappa shape index (κ3) is 9.58. The summed E-state index contributed by atoms with van der Waals surface area (Å²) in [5, 5.41) is 25.6. The molecule has 4 rings (SSSR count). The fourth-order valence-corrected chi connectivity index (χ4v) is 7.68. The molecule has 1 aromatic heterocycles. The van der Waals surface area contributed by atoms with Crippen LogP contribution in [0.4, 0.5) is 0 Å². The number of amides is 3. The number of carbonyl (C=O) groups excluding carboxylic acids is 3. The van der Waals surface area contributed by atoms with Gasteiger partial charge in [-0.3, -0.25) is 19.3 Å². The van der Waals surface area contributed by atoms with Crippen molar-refractivity contribution in [1.29, 1.82) is 0 Å². The van der Waals surface area contributed by atoms with Crippen LogP contribution in [-0.2, 0) is 25.8 Å². The summed E-state index contributed by atoms with van der Waals surface area (Å²) in [6, 6.07) is 6.55. The van der Waals surface area contributed by atoms with Gasteiger partial charge in [0, 0.05) is 30.3 Å². The summed E-state index contributed by atoms with van der Waals surface area (Å²) in [4.78, 5) is 42.7. The maximum Gasteiger partial charge on any atom is 0.273 e. The molecular formula is C33H50N6O6S2. The number of hydrogen-bond donors (Lipinski definition) is 4. The number of aliphatic hydroxyl groups excluding tert-OH is 1. The number of nitrogens with zero attached hydrogens (tertiary/aromatic N) is 3. The van der Waals surface area contributed by atoms with Crippen molar-refractivity contribution < 1.29 is 27.9 Å². The molecule has 6 atom stereocenters. The van der Waals surface area contributed by atoms with Gasteiger partial charge >= 0.3 is 0 Å². The van der Waals surface area contributed by atoms with Crippen LogP contribution in [0.1, 0.15) is 82.8 Å². The molecule has 2 fully saturated rings. The lowest BCUT2D eigenvalue weighted by molar-refractivity contribution is -0.133. The predicted molar refractivity (Wildman–Crippen MR) is 181 cm³/mol. The molecule has 1 saturated heterocycles. The smallest absolute Gasteiger partial charge is 0.273 e. The van der Waals surface area contributed by atoms with Crippen LogP contribution >= 0.6 is 11.5 Å². The number of piperidine rings is 1. The highest BCUT2D eigenvalue weighted by Gasteiger charge is 2.46. The van der Waals surface area contributed by atoms with Gasteiger partial charge < -0.3 is 21.1 Å². The second kappa shape index (κ2) is 15.1. The Morgan fingerprint density at radius 1 is 1.04 bits per heavy atom. The Hall–Kier alpha value is -2.94. The summed E-state index contributed by atoms with van der Waals surface area (Å²) in [5.41, 5.74) is 0.389. The minimum absolute atomic E-state index is 0.0383. The van der Waals surface area contributed by atoms with Crippen LogP contribution in [0.15, 0.2) is 35.7 Å². The van der Waals surface area contributed by atoms with E-state index in [0.717, 1.165) is 49.0 Å². The molecule has 0 radical (unpaired) electrons. The van der Waals surface area contributed by atoms with E-state index in [-0.39, 0.29) is 24.6 Å². The van der Waals surface area contributed by atoms with Crippen LogP contribution in [0.3, 0.4) is 0 Å². The fraction of sp³-hybridized carbons (Fsp3) is 0.667. The lowest BCUT2D eigenvalue weighted by Gasteiger charge is -2.47. The van der Waals surface area contributed by atoms with Crippen LogP contribution in [0.5, 0.6) is 0 Å². The van der Waals surface area contributed by atoms with Gasteiger partial charge in [0.1, 0.15) is 6.04 Å². The van der Waals surface area contributed by atoms with E-state index in [2.05, 4.69) is 30.4 Å². The highest BCUT2D eigenvalue weighted by Crippen LogP contribution is 2.39. The molecule has 12 nitrogen and oxygen atoms in total. The lowest BCUT2D eigenvalue weighted by atomic mass is 9.72. The van der Waals surface area contributed by atoms with Crippen molar-refractivity contribution in [2.24, 2.45) is 11.8 Å². The first-order chi connectivity index (χ1) is 22.0. The first-order valence-corrected chi connectivity index (χ1v) is 19.0. The minimum atomic E-state index is -3.87. The second-order valence-corrected chi connectivity index (χ2v) is 17.9. The average molecular weight is 691 g/mol. The molecule has 3 amide bonds. The van der Waals surface area contributed by atoms with Crippen molar-refractivity contribution in [3.63, 3.8) is 0 Å². The highest BCUT2D eigenvalue weighted by molar-refractivity contribution is 7.92. The zero-order valence-corrected chi connectivity index (χ0v) is 29.9. The minimum Gasteiger partial charge on any atom is -0.390 e. The number of likely N-dealkylation sites (tertiary alicyclic amines) is 1. The van der Waals surface area contributed by atoms with Crippen molar-refractivity contribution in [2.45, 2.75) is 108 Å². The largest absolute Gasteiger partial charge is 0.390 e. The zero-order valence-electron chi connectivity index (χ0n) is 28.2. The van der Waals surface area contributed by atoms with Gasteiger partial charge in [-0.05, 0) is 82.8 Å². The van der Waals surface area contributed by atoms with Gasteiger partial charge in [-0.1, -0.05) is 54.1 Å². The molecule has 2 aliphatic rings. The summed E-state index contributed by atoms with van der Waals surface area (Å²) in [5.74, 6) is -0.703. The molecule has 1 aliphatic heterocycles. The van der Waals surface area contributed by atoms with E-state index in [1.54, 1.807) is 0 Å². The Morgan fingerprint density at radius 3 is 2.30 bits per heavy atom. The van der Waals surface area contributed by atoms with E-state index in [9.17, 15) is 27.9 Å². The molecule has 1 aliphatic carbocycles. The van der Waals surface area contributed by atoms with Crippen LogP contribution in [0.2, 0.25) is 0 Å². The summed E-state index contributed by atoms with van der Waals surface area (Å²) in [6.07, 6.45) is 5.30. The Labute approximate surface area is 282 Å². The van der Waals surface area contributed by atoms with Crippen molar-refractivity contribution in [1.82, 2.24) is 30.4 Å². The van der Waals surface area contributed by atoms with Gasteiger partial charge in [0.15, 0.2) is 15.5 Å². The lowest BCUT2D eigenvalue weighted by Crippen LogP contribution is -2.64. The summed E-state index contributed by atoms with van der Waals surface area (Å²) >= 11 is 0.954. The van der Waals surface area contributed by atoms with E-state index in [0.29, 0.717) is 24.8 Å². The standard InChI is InChI=1S/C33H50N6O6S2/c1-32(2,3)36-30(42)26-17-22-14-10-11-15-23(22)18-39(26)19-27(40)24(16-21-12-8-7-9-13-21)34-31(43)28(33(4,5)47(6,44)45)35-29(41)25-20-46-38-37-25/h7-9,12-13,20,22-24,26-28,40H,10-11,14-19H2,1-6H3,(H,34,43)(H,35,41)(H,36,42)/t22-,23+,24-,26-,27+,28+/m0/s1. The number of fused-ring (bicyclic) bond motifs is 1. The number of rotatable bonds is 12. The number of benzene rings is 1. The van der Waals surface area contributed by atoms with E-state index in [1.165, 1.54) is 19.2 Å². The van der Waals surface area contributed by atoms with E-state index < -0.39 is 56.2 Å². The molecule has 0 bridgehead atoms. The van der Waals surface area contributed by atoms with Gasteiger partial charge in [0.25, 0.3) is 5.91 Å². The van der Waals surface area contributed by atoms with Gasteiger partial charge in [-0.15, -0.1) is 5.10 Å². The van der Waals surface area contributed by atoms with E-state index >= 15 is 0 Å². The Balaban J connectivity index is 1.62. The Bertz CT molecular complexity index is 1480.